The molecule has 2 aromatic rings. The van der Waals surface area contributed by atoms with Crippen molar-refractivity contribution in [3.8, 4) is 5.75 Å². The van der Waals surface area contributed by atoms with Gasteiger partial charge in [-0.25, -0.2) is 9.59 Å². The molecule has 2 aromatic carbocycles. The van der Waals surface area contributed by atoms with Crippen molar-refractivity contribution < 1.29 is 29.3 Å². The van der Waals surface area contributed by atoms with E-state index in [1.165, 1.54) is 6.07 Å². The van der Waals surface area contributed by atoms with Crippen molar-refractivity contribution in [3.05, 3.63) is 58.6 Å². The minimum Gasteiger partial charge on any atom is -0.506 e. The van der Waals surface area contributed by atoms with E-state index < -0.39 is 17.8 Å². The van der Waals surface area contributed by atoms with Gasteiger partial charge < -0.3 is 39.9 Å². The zero-order chi connectivity index (χ0) is 33.1. The number of nitrogens with one attached hydrogen (secondary N) is 1. The summed E-state index contributed by atoms with van der Waals surface area (Å²) in [6.45, 7) is 6.16. The lowest BCUT2D eigenvalue weighted by Crippen LogP contribution is -2.54. The Morgan fingerprint density at radius 1 is 0.957 bits per heavy atom. The number of phenols is 1. The summed E-state index contributed by atoms with van der Waals surface area (Å²) < 4.78 is 5.97. The van der Waals surface area contributed by atoms with Gasteiger partial charge in [-0.15, -0.1) is 0 Å². The smallest absolute Gasteiger partial charge is 0.410 e. The molecular formula is C35H46ClN5O6. The Bertz CT molecular complexity index is 1450. The highest BCUT2D eigenvalue weighted by atomic mass is 35.5. The summed E-state index contributed by atoms with van der Waals surface area (Å²) in [5, 5.41) is 23.5. The molecule has 3 saturated heterocycles. The van der Waals surface area contributed by atoms with Gasteiger partial charge in [0.05, 0.1) is 10.6 Å². The Morgan fingerprint density at radius 2 is 1.62 bits per heavy atom. The number of piperidine rings is 3. The Kier molecular flexibility index (Phi) is 10.1. The molecule has 254 valence electrons. The largest absolute Gasteiger partial charge is 0.506 e. The van der Waals surface area contributed by atoms with E-state index in [-0.39, 0.29) is 35.2 Å². The number of aromatic hydroxyl groups is 1. The molecule has 4 aliphatic heterocycles. The van der Waals surface area contributed by atoms with Gasteiger partial charge >= 0.3 is 12.1 Å². The number of carbonyl (C=O) groups is 3. The average Bonchev–Trinajstić information content (AvgIpc) is 3.24. The summed E-state index contributed by atoms with van der Waals surface area (Å²) >= 11 is 6.17. The van der Waals surface area contributed by atoms with E-state index in [1.54, 1.807) is 21.9 Å². The first-order valence-electron chi connectivity index (χ1n) is 16.9. The van der Waals surface area contributed by atoms with Crippen molar-refractivity contribution in [1.82, 2.24) is 19.6 Å². The lowest BCUT2D eigenvalue weighted by Gasteiger charge is -2.43. The Morgan fingerprint density at radius 3 is 2.32 bits per heavy atom. The van der Waals surface area contributed by atoms with Crippen LogP contribution in [0, 0.1) is 0 Å². The number of halogens is 1. The first kappa shape index (κ1) is 33.4. The zero-order valence-electron chi connectivity index (χ0n) is 27.1. The van der Waals surface area contributed by atoms with E-state index in [0.717, 1.165) is 56.4 Å². The Labute approximate surface area is 281 Å². The minimum atomic E-state index is -1.04. The molecule has 4 heterocycles. The number of benzene rings is 2. The number of urea groups is 1. The third-order valence-electron chi connectivity index (χ3n) is 10.4. The highest BCUT2D eigenvalue weighted by Gasteiger charge is 2.37. The summed E-state index contributed by atoms with van der Waals surface area (Å²) in [6.07, 6.45) is 3.68. The first-order chi connectivity index (χ1) is 22.6. The molecule has 0 bridgehead atoms. The molecule has 0 aromatic heterocycles. The predicted octanol–water partition coefficient (Wildman–Crippen LogP) is 4.49. The van der Waals surface area contributed by atoms with Gasteiger partial charge in [0.1, 0.15) is 5.75 Å². The molecule has 0 saturated carbocycles. The van der Waals surface area contributed by atoms with Gasteiger partial charge in [-0.2, -0.15) is 0 Å². The van der Waals surface area contributed by atoms with Crippen LogP contribution in [0.3, 0.4) is 0 Å². The number of ether oxygens (including phenoxy) is 1. The van der Waals surface area contributed by atoms with E-state index in [4.69, 9.17) is 16.3 Å². The van der Waals surface area contributed by atoms with Crippen LogP contribution in [-0.4, -0.2) is 117 Å². The number of fused-ring (bicyclic) bond motifs is 1. The van der Waals surface area contributed by atoms with Gasteiger partial charge in [-0.05, 0) is 81.2 Å². The molecule has 3 N–H and O–H groups in total. The molecule has 6 rings (SSSR count). The van der Waals surface area contributed by atoms with Gasteiger partial charge in [0, 0.05) is 70.0 Å². The number of para-hydroxylation sites is 1. The van der Waals surface area contributed by atoms with E-state index in [2.05, 4.69) is 10.2 Å². The molecule has 3 fully saturated rings. The molecule has 4 aliphatic rings. The number of hydrogen-bond acceptors (Lipinski definition) is 7. The van der Waals surface area contributed by atoms with Crippen molar-refractivity contribution in [2.24, 2.45) is 0 Å². The number of likely N-dealkylation sites (tertiary alicyclic amines) is 3. The maximum atomic E-state index is 13.9. The van der Waals surface area contributed by atoms with Crippen molar-refractivity contribution in [1.29, 1.82) is 0 Å². The molecule has 11 nitrogen and oxygen atoms in total. The third kappa shape index (κ3) is 7.96. The molecule has 1 atom stereocenters. The Balaban J connectivity index is 1.06. The predicted molar refractivity (Wildman–Crippen MR) is 179 cm³/mol. The summed E-state index contributed by atoms with van der Waals surface area (Å²) in [7, 11) is 0. The number of amides is 4. The maximum Gasteiger partial charge on any atom is 0.410 e. The monoisotopic (exact) mass is 667 g/mol. The van der Waals surface area contributed by atoms with Crippen LogP contribution in [-0.2, 0) is 22.4 Å². The Hall–Kier alpha value is -3.54. The number of carbonyl (C=O) groups excluding carboxylic acids is 3. The van der Waals surface area contributed by atoms with Crippen molar-refractivity contribution >= 4 is 35.3 Å². The second-order valence-electron chi connectivity index (χ2n) is 13.7. The van der Waals surface area contributed by atoms with Gasteiger partial charge in [0.15, 0.2) is 6.10 Å². The second kappa shape index (κ2) is 14.3. The highest BCUT2D eigenvalue weighted by Crippen LogP contribution is 2.29. The quantitative estimate of drug-likeness (QED) is 0.415. The van der Waals surface area contributed by atoms with Crippen LogP contribution in [0.5, 0.6) is 5.75 Å². The lowest BCUT2D eigenvalue weighted by atomic mass is 9.91. The fourth-order valence-electron chi connectivity index (χ4n) is 7.39. The number of hydrogen-bond donors (Lipinski definition) is 3. The zero-order valence-corrected chi connectivity index (χ0v) is 27.8. The van der Waals surface area contributed by atoms with Crippen LogP contribution < -0.4 is 5.32 Å². The summed E-state index contributed by atoms with van der Waals surface area (Å²) in [5.74, 6) is -0.292. The van der Waals surface area contributed by atoms with Gasteiger partial charge in [0.2, 0.25) is 0 Å². The minimum absolute atomic E-state index is 0.00254. The van der Waals surface area contributed by atoms with E-state index >= 15 is 0 Å². The molecule has 12 heteroatoms. The lowest BCUT2D eigenvalue weighted by molar-refractivity contribution is -0.142. The standard InChI is InChI=1S/C35H46ClN5O6/c1-35(46)13-20-38(21-14-35)26-9-15-39(16-10-26)32(43)31(23-24-6-7-30(42)28(36)22-24)47-34(45)40-17-11-27(12-18-40)41-19-8-25-4-2-3-5-29(25)37-33(41)44/h2-7,22,26-27,31,42,46H,8-21,23H2,1H3,(H,37,44)/t31-/m1/s1. The topological polar surface area (TPSA) is 126 Å². The summed E-state index contributed by atoms with van der Waals surface area (Å²) in [4.78, 5) is 48.2. The first-order valence-corrected chi connectivity index (χ1v) is 17.3. The maximum absolute atomic E-state index is 13.9. The molecule has 0 spiro atoms. The van der Waals surface area contributed by atoms with Crippen molar-refractivity contribution in [2.75, 3.05) is 51.1 Å². The van der Waals surface area contributed by atoms with E-state index in [1.807, 2.05) is 36.1 Å². The number of phenolic OH excluding ortho intramolecular Hbond substituents is 1. The molecule has 0 aliphatic carbocycles. The summed E-state index contributed by atoms with van der Waals surface area (Å²) in [5.41, 5.74) is 2.03. The number of aliphatic hydroxyl groups is 1. The fourth-order valence-corrected chi connectivity index (χ4v) is 7.59. The van der Waals surface area contributed by atoms with Crippen LogP contribution in [0.2, 0.25) is 5.02 Å². The molecule has 47 heavy (non-hydrogen) atoms. The normalized spacial score (nSPS) is 21.9. The average molecular weight is 668 g/mol. The second-order valence-corrected chi connectivity index (χ2v) is 14.1. The number of rotatable bonds is 6. The van der Waals surface area contributed by atoms with Crippen molar-refractivity contribution in [2.45, 2.75) is 82.1 Å². The third-order valence-corrected chi connectivity index (χ3v) is 10.7. The number of anilines is 1. The SMILES string of the molecule is CC1(O)CCN(C2CCN(C(=O)[C@@H](Cc3ccc(O)c(Cl)c3)OC(=O)N3CCC(N4CCc5ccccc5NC4=O)CC3)CC2)CC1. The summed E-state index contributed by atoms with van der Waals surface area (Å²) in [6, 6.07) is 12.8. The molecule has 0 unspecified atom stereocenters. The highest BCUT2D eigenvalue weighted by molar-refractivity contribution is 6.32. The van der Waals surface area contributed by atoms with Gasteiger partial charge in [-0.1, -0.05) is 35.9 Å². The fraction of sp³-hybridized carbons (Fsp3) is 0.571. The number of nitrogens with zero attached hydrogens (tertiary/aromatic N) is 4. The van der Waals surface area contributed by atoms with Crippen molar-refractivity contribution in [3.63, 3.8) is 0 Å². The van der Waals surface area contributed by atoms with E-state index in [0.29, 0.717) is 57.2 Å². The van der Waals surface area contributed by atoms with Crippen LogP contribution in [0.4, 0.5) is 15.3 Å². The van der Waals surface area contributed by atoms with E-state index in [9.17, 15) is 24.6 Å². The molecule has 0 radical (unpaired) electrons. The van der Waals surface area contributed by atoms with Crippen LogP contribution in [0.15, 0.2) is 42.5 Å². The van der Waals surface area contributed by atoms with Crippen LogP contribution in [0.25, 0.3) is 0 Å². The molecular weight excluding hydrogens is 622 g/mol. The van der Waals surface area contributed by atoms with Crippen LogP contribution >= 0.6 is 11.6 Å². The molecule has 4 amide bonds. The van der Waals surface area contributed by atoms with Gasteiger partial charge in [0.25, 0.3) is 5.91 Å². The van der Waals surface area contributed by atoms with Gasteiger partial charge in [-0.3, -0.25) is 4.79 Å². The van der Waals surface area contributed by atoms with Crippen LogP contribution in [0.1, 0.15) is 56.6 Å².